The molecule has 2 unspecified atom stereocenters. The van der Waals surface area contributed by atoms with Gasteiger partial charge < -0.3 is 14.0 Å². The molecule has 1 aliphatic heterocycles. The van der Waals surface area contributed by atoms with E-state index in [4.69, 9.17) is 9.47 Å². The number of hydrogen-bond acceptors (Lipinski definition) is 2. The average molecular weight is 683 g/mol. The quantitative estimate of drug-likeness (QED) is 0.0399. The van der Waals surface area contributed by atoms with Gasteiger partial charge in [0.25, 0.3) is 0 Å². The summed E-state index contributed by atoms with van der Waals surface area (Å²) in [5, 5.41) is 0. The summed E-state index contributed by atoms with van der Waals surface area (Å²) in [5.41, 5.74) is 0. The van der Waals surface area contributed by atoms with E-state index in [1.807, 2.05) is 0 Å². The summed E-state index contributed by atoms with van der Waals surface area (Å²) in [4.78, 5) is 0. The average Bonchev–Trinajstić information content (AvgIpc) is 3.67. The van der Waals surface area contributed by atoms with Crippen molar-refractivity contribution in [1.29, 1.82) is 0 Å². The molecule has 1 saturated carbocycles. The third-order valence-corrected chi connectivity index (χ3v) is 11.1. The third kappa shape index (κ3) is 22.4. The highest BCUT2D eigenvalue weighted by Crippen LogP contribution is 2.40. The van der Waals surface area contributed by atoms with Crippen molar-refractivity contribution in [3.63, 3.8) is 0 Å². The molecule has 3 nitrogen and oxygen atoms in total. The predicted molar refractivity (Wildman–Crippen MR) is 216 cm³/mol. The topological polar surface area (TPSA) is 18.5 Å². The molecule has 0 spiro atoms. The molecule has 2 fully saturated rings. The Hall–Kier alpha value is -1.16. The maximum absolute atomic E-state index is 6.68. The minimum Gasteiger partial charge on any atom is -0.346 e. The molecule has 0 radical (unpaired) electrons. The Balaban J connectivity index is 1.58. The second-order valence-electron chi connectivity index (χ2n) is 16.5. The van der Waals surface area contributed by atoms with Gasteiger partial charge in [-0.25, -0.2) is 0 Å². The first-order valence-electron chi connectivity index (χ1n) is 21.7. The van der Waals surface area contributed by atoms with Crippen LogP contribution in [0.1, 0.15) is 194 Å². The van der Waals surface area contributed by atoms with Crippen molar-refractivity contribution in [3.8, 4) is 0 Å². The molecule has 0 N–H and O–H groups in total. The van der Waals surface area contributed by atoms with E-state index < -0.39 is 0 Å². The maximum atomic E-state index is 6.68. The molecule has 1 aliphatic carbocycles. The van der Waals surface area contributed by atoms with Gasteiger partial charge in [0.1, 0.15) is 0 Å². The van der Waals surface area contributed by atoms with Crippen molar-refractivity contribution >= 4 is 0 Å². The molecule has 0 aromatic rings. The van der Waals surface area contributed by atoms with Crippen LogP contribution in [0.15, 0.2) is 48.6 Å². The van der Waals surface area contributed by atoms with E-state index >= 15 is 0 Å². The standard InChI is InChI=1S/C46H84NO2/c1-6-8-10-12-14-16-18-20-22-24-26-28-30-32-34-36-38-42(46-48-44-40-43(47(3,4)5)41-45(44)49-46)39-37-35-33-31-29-27-25-23-21-19-17-15-13-11-9-7-2/h14-17,20-23,42-46H,6-13,18-19,24-41H2,1-5H3/q+1/b16-14-,17-15-,22-20-,23-21-. The zero-order chi connectivity index (χ0) is 35.3. The lowest BCUT2D eigenvalue weighted by molar-refractivity contribution is -0.895. The van der Waals surface area contributed by atoms with Crippen molar-refractivity contribution in [2.75, 3.05) is 21.1 Å². The Bertz CT molecular complexity index is 805. The molecule has 2 atom stereocenters. The van der Waals surface area contributed by atoms with E-state index in [0.29, 0.717) is 24.2 Å². The van der Waals surface area contributed by atoms with Gasteiger partial charge in [0, 0.05) is 18.8 Å². The van der Waals surface area contributed by atoms with Gasteiger partial charge in [-0.1, -0.05) is 152 Å². The number of hydrogen-bond donors (Lipinski definition) is 0. The second kappa shape index (κ2) is 29.4. The van der Waals surface area contributed by atoms with Crippen molar-refractivity contribution < 1.29 is 14.0 Å². The summed E-state index contributed by atoms with van der Waals surface area (Å²) in [5.74, 6) is 0.574. The van der Waals surface area contributed by atoms with Gasteiger partial charge >= 0.3 is 0 Å². The Morgan fingerprint density at radius 3 is 1.18 bits per heavy atom. The van der Waals surface area contributed by atoms with Crippen molar-refractivity contribution in [3.05, 3.63) is 48.6 Å². The highest BCUT2D eigenvalue weighted by Gasteiger charge is 2.49. The second-order valence-corrected chi connectivity index (χ2v) is 16.5. The summed E-state index contributed by atoms with van der Waals surface area (Å²) >= 11 is 0. The van der Waals surface area contributed by atoms with Gasteiger partial charge in [-0.2, -0.15) is 0 Å². The molecule has 284 valence electrons. The van der Waals surface area contributed by atoms with Crippen molar-refractivity contribution in [1.82, 2.24) is 0 Å². The van der Waals surface area contributed by atoms with E-state index in [1.54, 1.807) is 0 Å². The van der Waals surface area contributed by atoms with Gasteiger partial charge in [0.05, 0.1) is 39.4 Å². The normalized spacial score (nSPS) is 21.6. The van der Waals surface area contributed by atoms with Crippen molar-refractivity contribution in [2.24, 2.45) is 5.92 Å². The van der Waals surface area contributed by atoms with Crippen LogP contribution in [0.2, 0.25) is 0 Å². The first-order chi connectivity index (χ1) is 24.0. The zero-order valence-corrected chi connectivity index (χ0v) is 33.6. The highest BCUT2D eigenvalue weighted by molar-refractivity contribution is 4.94. The van der Waals surface area contributed by atoms with Gasteiger partial charge in [0.15, 0.2) is 6.29 Å². The lowest BCUT2D eigenvalue weighted by atomic mass is 9.93. The van der Waals surface area contributed by atoms with Crippen LogP contribution in [-0.4, -0.2) is 50.2 Å². The Kier molecular flexibility index (Phi) is 26.4. The number of allylic oxidation sites excluding steroid dienone is 8. The first kappa shape index (κ1) is 44.0. The summed E-state index contributed by atoms with van der Waals surface area (Å²) < 4.78 is 14.4. The van der Waals surface area contributed by atoms with Crippen LogP contribution in [0.3, 0.4) is 0 Å². The van der Waals surface area contributed by atoms with Gasteiger partial charge in [-0.3, -0.25) is 0 Å². The van der Waals surface area contributed by atoms with Crippen LogP contribution < -0.4 is 0 Å². The fraction of sp³-hybridized carbons (Fsp3) is 0.826. The molecule has 1 saturated heterocycles. The largest absolute Gasteiger partial charge is 0.346 e. The van der Waals surface area contributed by atoms with E-state index in [9.17, 15) is 0 Å². The van der Waals surface area contributed by atoms with E-state index in [0.717, 1.165) is 30.2 Å². The van der Waals surface area contributed by atoms with Gasteiger partial charge in [-0.05, 0) is 77.0 Å². The van der Waals surface area contributed by atoms with E-state index in [1.165, 1.54) is 154 Å². The maximum Gasteiger partial charge on any atom is 0.161 e. The van der Waals surface area contributed by atoms with Gasteiger partial charge in [-0.15, -0.1) is 0 Å². The summed E-state index contributed by atoms with van der Waals surface area (Å²) in [7, 11) is 6.97. The fourth-order valence-corrected chi connectivity index (χ4v) is 7.66. The molecule has 0 bridgehead atoms. The fourth-order valence-electron chi connectivity index (χ4n) is 7.66. The summed E-state index contributed by atoms with van der Waals surface area (Å²) in [6, 6.07) is 0.662. The third-order valence-electron chi connectivity index (χ3n) is 11.1. The molecule has 2 rings (SSSR count). The number of nitrogens with zero attached hydrogens (tertiary/aromatic N) is 1. The molecular weight excluding hydrogens is 599 g/mol. The molecule has 2 aliphatic rings. The van der Waals surface area contributed by atoms with Gasteiger partial charge in [0.2, 0.25) is 0 Å². The van der Waals surface area contributed by atoms with Crippen LogP contribution in [0.4, 0.5) is 0 Å². The minimum atomic E-state index is 0.0411. The molecule has 0 amide bonds. The minimum absolute atomic E-state index is 0.0411. The first-order valence-corrected chi connectivity index (χ1v) is 21.7. The molecular formula is C46H84NO2+. The van der Waals surface area contributed by atoms with Crippen LogP contribution >= 0.6 is 0 Å². The van der Waals surface area contributed by atoms with E-state index in [2.05, 4.69) is 83.6 Å². The zero-order valence-electron chi connectivity index (χ0n) is 33.6. The van der Waals surface area contributed by atoms with Crippen LogP contribution in [-0.2, 0) is 9.47 Å². The van der Waals surface area contributed by atoms with Crippen LogP contribution in [0, 0.1) is 5.92 Å². The van der Waals surface area contributed by atoms with Crippen LogP contribution in [0.5, 0.6) is 0 Å². The number of quaternary nitrogens is 1. The Morgan fingerprint density at radius 2 is 0.816 bits per heavy atom. The number of rotatable bonds is 32. The summed E-state index contributed by atoms with van der Waals surface area (Å²) in [6.07, 6.45) is 56.0. The molecule has 49 heavy (non-hydrogen) atoms. The number of ether oxygens (including phenoxy) is 2. The molecule has 1 heterocycles. The molecule has 0 aromatic heterocycles. The summed E-state index contributed by atoms with van der Waals surface area (Å²) in [6.45, 7) is 4.55. The lowest BCUT2D eigenvalue weighted by Gasteiger charge is -2.32. The smallest absolute Gasteiger partial charge is 0.161 e. The number of unbranched alkanes of at least 4 members (excludes halogenated alkanes) is 18. The van der Waals surface area contributed by atoms with E-state index in [-0.39, 0.29) is 6.29 Å². The highest BCUT2D eigenvalue weighted by atomic mass is 16.7. The van der Waals surface area contributed by atoms with Crippen LogP contribution in [0.25, 0.3) is 0 Å². The Morgan fingerprint density at radius 1 is 0.469 bits per heavy atom. The number of fused-ring (bicyclic) bond motifs is 1. The lowest BCUT2D eigenvalue weighted by Crippen LogP contribution is -2.44. The predicted octanol–water partition coefficient (Wildman–Crippen LogP) is 14.0. The Labute approximate surface area is 307 Å². The van der Waals surface area contributed by atoms with Crippen molar-refractivity contribution in [2.45, 2.75) is 218 Å². The monoisotopic (exact) mass is 683 g/mol. The molecule has 0 aromatic carbocycles. The molecule has 3 heteroatoms. The SMILES string of the molecule is CCCCC/C=C\C/C=C\CCCCCCCCC(CCCCCCCC/C=C\C/C=C\CCCCC)C1OC2CC([N+](C)(C)C)CC2O1.